The number of hydrogen-bond donors (Lipinski definition) is 0. The molecule has 0 radical (unpaired) electrons. The van der Waals surface area contributed by atoms with E-state index in [0.29, 0.717) is 23.7 Å². The summed E-state index contributed by atoms with van der Waals surface area (Å²) in [4.78, 5) is 0. The smallest absolute Gasteiger partial charge is 0.174 e. The summed E-state index contributed by atoms with van der Waals surface area (Å²) in [5.74, 6) is 1.35. The maximum Gasteiger partial charge on any atom is 0.174 e. The van der Waals surface area contributed by atoms with Crippen molar-refractivity contribution < 1.29 is 9.47 Å². The zero-order valence-electron chi connectivity index (χ0n) is 17.9. The normalized spacial score (nSPS) is 11.2. The van der Waals surface area contributed by atoms with Crippen LogP contribution < -0.4 is 9.47 Å². The van der Waals surface area contributed by atoms with Crippen molar-refractivity contribution in [3.05, 3.63) is 105 Å². The number of methoxy groups -OCH3 is 1. The number of hydrogen-bond acceptors (Lipinski definition) is 3. The summed E-state index contributed by atoms with van der Waals surface area (Å²) >= 11 is 2.25. The SMILES string of the molecule is COc1cc(/C=C(\C#N)c2cccc3ccccc23)cc(I)c1OCc1ccc(C)cc1. The summed E-state index contributed by atoms with van der Waals surface area (Å²) in [5.41, 5.74) is 4.72. The number of benzene rings is 4. The Bertz CT molecular complexity index is 1330. The highest BCUT2D eigenvalue weighted by Crippen LogP contribution is 2.36. The predicted molar refractivity (Wildman–Crippen MR) is 139 cm³/mol. The molecular formula is C28H22INO2. The molecule has 0 amide bonds. The quantitative estimate of drug-likeness (QED) is 0.148. The monoisotopic (exact) mass is 531 g/mol. The molecule has 0 unspecified atom stereocenters. The van der Waals surface area contributed by atoms with Gasteiger partial charge in [0.1, 0.15) is 6.61 Å². The molecule has 0 atom stereocenters. The van der Waals surface area contributed by atoms with Gasteiger partial charge in [0.05, 0.1) is 22.3 Å². The third kappa shape index (κ3) is 4.79. The van der Waals surface area contributed by atoms with E-state index in [1.165, 1.54) is 5.56 Å². The van der Waals surface area contributed by atoms with E-state index in [2.05, 4.69) is 72.0 Å². The van der Waals surface area contributed by atoms with Gasteiger partial charge in [-0.05, 0) is 69.6 Å². The second-order valence-electron chi connectivity index (χ2n) is 7.50. The minimum Gasteiger partial charge on any atom is -0.493 e. The van der Waals surface area contributed by atoms with Crippen LogP contribution >= 0.6 is 22.6 Å². The lowest BCUT2D eigenvalue weighted by molar-refractivity contribution is 0.282. The molecule has 0 aliphatic rings. The Morgan fingerprint density at radius 2 is 1.75 bits per heavy atom. The first kappa shape index (κ1) is 21.9. The Balaban J connectivity index is 1.67. The van der Waals surface area contributed by atoms with Gasteiger partial charge in [0.25, 0.3) is 0 Å². The standard InChI is InChI=1S/C28H22INO2/c1-19-10-12-20(13-11-19)18-32-28-26(29)15-21(16-27(28)31-2)14-23(17-30)25-9-5-7-22-6-3-4-8-24(22)25/h3-16H,18H2,1-2H3/b23-14+. The van der Waals surface area contributed by atoms with Gasteiger partial charge < -0.3 is 9.47 Å². The predicted octanol–water partition coefficient (Wildman–Crippen LogP) is 7.40. The van der Waals surface area contributed by atoms with Crippen LogP contribution in [0.15, 0.2) is 78.9 Å². The molecule has 0 bridgehead atoms. The van der Waals surface area contributed by atoms with Gasteiger partial charge in [0.15, 0.2) is 11.5 Å². The highest BCUT2D eigenvalue weighted by atomic mass is 127. The fraction of sp³-hybridized carbons (Fsp3) is 0.107. The van der Waals surface area contributed by atoms with Crippen LogP contribution in [0.4, 0.5) is 0 Å². The van der Waals surface area contributed by atoms with Crippen molar-refractivity contribution in [3.8, 4) is 17.6 Å². The number of rotatable bonds is 6. The third-order valence-corrected chi connectivity index (χ3v) is 6.07. The maximum atomic E-state index is 9.90. The van der Waals surface area contributed by atoms with Crippen molar-refractivity contribution in [2.75, 3.05) is 7.11 Å². The molecule has 0 aliphatic heterocycles. The van der Waals surface area contributed by atoms with Gasteiger partial charge in [-0.25, -0.2) is 0 Å². The van der Waals surface area contributed by atoms with Gasteiger partial charge in [-0.2, -0.15) is 5.26 Å². The molecule has 4 rings (SSSR count). The summed E-state index contributed by atoms with van der Waals surface area (Å²) < 4.78 is 12.6. The lowest BCUT2D eigenvalue weighted by Gasteiger charge is -2.14. The highest BCUT2D eigenvalue weighted by molar-refractivity contribution is 14.1. The molecular weight excluding hydrogens is 509 g/mol. The Labute approximate surface area is 202 Å². The molecule has 0 N–H and O–H groups in total. The number of aryl methyl sites for hydroxylation is 1. The molecule has 0 saturated heterocycles. The Morgan fingerprint density at radius 1 is 1.00 bits per heavy atom. The number of nitrogens with zero attached hydrogens (tertiary/aromatic N) is 1. The molecule has 4 aromatic carbocycles. The minimum absolute atomic E-state index is 0.460. The van der Waals surface area contributed by atoms with E-state index >= 15 is 0 Å². The molecule has 0 spiro atoms. The highest BCUT2D eigenvalue weighted by Gasteiger charge is 2.13. The second-order valence-corrected chi connectivity index (χ2v) is 8.67. The van der Waals surface area contributed by atoms with Crippen LogP contribution in [0, 0.1) is 21.8 Å². The number of nitriles is 1. The Kier molecular flexibility index (Phi) is 6.77. The average Bonchev–Trinajstić information content (AvgIpc) is 2.82. The van der Waals surface area contributed by atoms with Crippen LogP contribution in [-0.2, 0) is 6.61 Å². The van der Waals surface area contributed by atoms with E-state index < -0.39 is 0 Å². The molecule has 0 heterocycles. The van der Waals surface area contributed by atoms with Crippen molar-refractivity contribution in [1.82, 2.24) is 0 Å². The fourth-order valence-corrected chi connectivity index (χ4v) is 4.38. The molecule has 3 nitrogen and oxygen atoms in total. The summed E-state index contributed by atoms with van der Waals surface area (Å²) in [6, 6.07) is 28.7. The van der Waals surface area contributed by atoms with E-state index in [-0.39, 0.29) is 0 Å². The molecule has 4 heteroatoms. The first-order chi connectivity index (χ1) is 15.6. The van der Waals surface area contributed by atoms with Gasteiger partial charge in [0, 0.05) is 5.56 Å². The number of fused-ring (bicyclic) bond motifs is 1. The largest absolute Gasteiger partial charge is 0.493 e. The zero-order chi connectivity index (χ0) is 22.5. The molecule has 0 aromatic heterocycles. The van der Waals surface area contributed by atoms with Gasteiger partial charge in [-0.15, -0.1) is 0 Å². The molecule has 32 heavy (non-hydrogen) atoms. The lowest BCUT2D eigenvalue weighted by atomic mass is 9.97. The van der Waals surface area contributed by atoms with Crippen molar-refractivity contribution >= 4 is 45.0 Å². The van der Waals surface area contributed by atoms with Crippen LogP contribution in [0.1, 0.15) is 22.3 Å². The van der Waals surface area contributed by atoms with Crippen molar-refractivity contribution in [2.24, 2.45) is 0 Å². The summed E-state index contributed by atoms with van der Waals surface area (Å²) in [6.07, 6.45) is 1.90. The van der Waals surface area contributed by atoms with Gasteiger partial charge in [-0.1, -0.05) is 72.3 Å². The van der Waals surface area contributed by atoms with Gasteiger partial charge in [-0.3, -0.25) is 0 Å². The molecule has 158 valence electrons. The van der Waals surface area contributed by atoms with Crippen molar-refractivity contribution in [1.29, 1.82) is 5.26 Å². The zero-order valence-corrected chi connectivity index (χ0v) is 20.1. The number of halogens is 1. The van der Waals surface area contributed by atoms with E-state index in [1.807, 2.05) is 48.5 Å². The molecule has 0 aliphatic carbocycles. The van der Waals surface area contributed by atoms with Crippen molar-refractivity contribution in [3.63, 3.8) is 0 Å². The Morgan fingerprint density at radius 3 is 2.50 bits per heavy atom. The third-order valence-electron chi connectivity index (χ3n) is 5.27. The van der Waals surface area contributed by atoms with E-state index in [1.54, 1.807) is 7.11 Å². The van der Waals surface area contributed by atoms with Crippen LogP contribution in [-0.4, -0.2) is 7.11 Å². The van der Waals surface area contributed by atoms with Crippen LogP contribution in [0.3, 0.4) is 0 Å². The molecule has 0 fully saturated rings. The summed E-state index contributed by atoms with van der Waals surface area (Å²) in [5, 5.41) is 12.1. The van der Waals surface area contributed by atoms with Crippen LogP contribution in [0.2, 0.25) is 0 Å². The number of ether oxygens (including phenoxy) is 2. The second kappa shape index (κ2) is 9.88. The summed E-state index contributed by atoms with van der Waals surface area (Å²) in [7, 11) is 1.63. The van der Waals surface area contributed by atoms with Crippen LogP contribution in [0.25, 0.3) is 22.4 Å². The summed E-state index contributed by atoms with van der Waals surface area (Å²) in [6.45, 7) is 2.53. The van der Waals surface area contributed by atoms with Crippen LogP contribution in [0.5, 0.6) is 11.5 Å². The minimum atomic E-state index is 0.460. The maximum absolute atomic E-state index is 9.90. The van der Waals surface area contributed by atoms with Crippen molar-refractivity contribution in [2.45, 2.75) is 13.5 Å². The number of allylic oxidation sites excluding steroid dienone is 1. The van der Waals surface area contributed by atoms with Gasteiger partial charge >= 0.3 is 0 Å². The average molecular weight is 531 g/mol. The molecule has 4 aromatic rings. The van der Waals surface area contributed by atoms with E-state index in [0.717, 1.165) is 31.0 Å². The van der Waals surface area contributed by atoms with E-state index in [4.69, 9.17) is 9.47 Å². The first-order valence-electron chi connectivity index (χ1n) is 10.2. The topological polar surface area (TPSA) is 42.2 Å². The molecule has 0 saturated carbocycles. The lowest BCUT2D eigenvalue weighted by Crippen LogP contribution is -2.00. The van der Waals surface area contributed by atoms with Gasteiger partial charge in [0.2, 0.25) is 0 Å². The van der Waals surface area contributed by atoms with E-state index in [9.17, 15) is 5.26 Å². The Hall–Kier alpha value is -3.30. The first-order valence-corrected chi connectivity index (χ1v) is 11.3. The fourth-order valence-electron chi connectivity index (χ4n) is 3.60.